The summed E-state index contributed by atoms with van der Waals surface area (Å²) < 4.78 is 5.37. The van der Waals surface area contributed by atoms with E-state index < -0.39 is 0 Å². The number of ether oxygens (including phenoxy) is 1. The third kappa shape index (κ3) is 4.50. The normalized spacial score (nSPS) is 16.7. The number of aliphatic hydroxyl groups is 1. The number of rotatable bonds is 6. The van der Waals surface area contributed by atoms with Gasteiger partial charge in [-0.2, -0.15) is 0 Å². The van der Waals surface area contributed by atoms with Crippen LogP contribution in [0.3, 0.4) is 0 Å². The fourth-order valence-electron chi connectivity index (χ4n) is 2.58. The van der Waals surface area contributed by atoms with Gasteiger partial charge in [0.15, 0.2) is 6.61 Å². The van der Waals surface area contributed by atoms with Gasteiger partial charge in [0.2, 0.25) is 0 Å². The molecule has 2 N–H and O–H groups in total. The van der Waals surface area contributed by atoms with Gasteiger partial charge >= 0.3 is 0 Å². The van der Waals surface area contributed by atoms with Crippen molar-refractivity contribution in [1.82, 2.24) is 5.32 Å². The first kappa shape index (κ1) is 16.4. The Kier molecular flexibility index (Phi) is 5.73. The molecule has 1 aromatic carbocycles. The quantitative estimate of drug-likeness (QED) is 0.842. The van der Waals surface area contributed by atoms with Crippen LogP contribution < -0.4 is 10.1 Å². The average Bonchev–Trinajstić information content (AvgIpc) is 2.95. The molecule has 1 aliphatic carbocycles. The molecular formula is C15H19Cl2NO3. The smallest absolute Gasteiger partial charge is 0.257 e. The molecule has 4 nitrogen and oxygen atoms in total. The van der Waals surface area contributed by atoms with Crippen LogP contribution in [0, 0.1) is 5.41 Å². The van der Waals surface area contributed by atoms with Crippen LogP contribution in [0.1, 0.15) is 25.7 Å². The van der Waals surface area contributed by atoms with Crippen molar-refractivity contribution in [1.29, 1.82) is 0 Å². The van der Waals surface area contributed by atoms with Crippen molar-refractivity contribution in [2.75, 3.05) is 19.8 Å². The molecule has 6 heteroatoms. The van der Waals surface area contributed by atoms with E-state index in [1.54, 1.807) is 18.2 Å². The number of nitrogens with one attached hydrogen (secondary N) is 1. The molecule has 0 aromatic heterocycles. The number of carbonyl (C=O) groups excluding carboxylic acids is 1. The minimum absolute atomic E-state index is 0.105. The molecule has 0 radical (unpaired) electrons. The van der Waals surface area contributed by atoms with Crippen LogP contribution in [0.2, 0.25) is 10.0 Å². The van der Waals surface area contributed by atoms with Gasteiger partial charge in [0.1, 0.15) is 5.75 Å². The molecular weight excluding hydrogens is 313 g/mol. The van der Waals surface area contributed by atoms with Crippen molar-refractivity contribution in [3.05, 3.63) is 28.2 Å². The second kappa shape index (κ2) is 7.34. The molecule has 0 unspecified atom stereocenters. The molecule has 0 aliphatic heterocycles. The lowest BCUT2D eigenvalue weighted by Gasteiger charge is -2.26. The molecule has 0 atom stereocenters. The topological polar surface area (TPSA) is 58.6 Å². The van der Waals surface area contributed by atoms with E-state index in [2.05, 4.69) is 5.32 Å². The molecule has 1 fully saturated rings. The number of hydrogen-bond acceptors (Lipinski definition) is 3. The zero-order valence-corrected chi connectivity index (χ0v) is 13.2. The molecule has 0 saturated heterocycles. The highest BCUT2D eigenvalue weighted by Crippen LogP contribution is 2.36. The Morgan fingerprint density at radius 2 is 2.05 bits per heavy atom. The fourth-order valence-corrected chi connectivity index (χ4v) is 2.92. The molecule has 0 bridgehead atoms. The molecule has 21 heavy (non-hydrogen) atoms. The van der Waals surface area contributed by atoms with Crippen LogP contribution >= 0.6 is 23.2 Å². The van der Waals surface area contributed by atoms with Crippen LogP contribution in [0.5, 0.6) is 5.75 Å². The minimum Gasteiger partial charge on any atom is -0.482 e. The number of amides is 1. The van der Waals surface area contributed by atoms with Gasteiger partial charge < -0.3 is 15.2 Å². The van der Waals surface area contributed by atoms with Crippen molar-refractivity contribution in [3.8, 4) is 5.75 Å². The molecule has 1 aromatic rings. The molecule has 116 valence electrons. The van der Waals surface area contributed by atoms with E-state index in [1.807, 2.05) is 0 Å². The summed E-state index contributed by atoms with van der Waals surface area (Å²) in [7, 11) is 0. The third-order valence-electron chi connectivity index (χ3n) is 3.91. The summed E-state index contributed by atoms with van der Waals surface area (Å²) >= 11 is 11.8. The van der Waals surface area contributed by atoms with E-state index >= 15 is 0 Å². The SMILES string of the molecule is O=C(COc1cc(Cl)ccc1Cl)NCC1(CO)CCCC1. The van der Waals surface area contributed by atoms with E-state index in [9.17, 15) is 9.90 Å². The molecule has 1 saturated carbocycles. The van der Waals surface area contributed by atoms with Crippen molar-refractivity contribution < 1.29 is 14.6 Å². The van der Waals surface area contributed by atoms with Crippen LogP contribution in [-0.2, 0) is 4.79 Å². The van der Waals surface area contributed by atoms with E-state index in [-0.39, 0.29) is 24.5 Å². The Hall–Kier alpha value is -0.970. The van der Waals surface area contributed by atoms with Crippen molar-refractivity contribution >= 4 is 29.1 Å². The molecule has 0 heterocycles. The summed E-state index contributed by atoms with van der Waals surface area (Å²) in [5.41, 5.74) is -0.163. The first-order chi connectivity index (χ1) is 10.0. The first-order valence-corrected chi connectivity index (χ1v) is 7.76. The van der Waals surface area contributed by atoms with E-state index in [0.717, 1.165) is 25.7 Å². The highest BCUT2D eigenvalue weighted by Gasteiger charge is 2.33. The van der Waals surface area contributed by atoms with Crippen molar-refractivity contribution in [3.63, 3.8) is 0 Å². The number of aliphatic hydroxyl groups excluding tert-OH is 1. The zero-order valence-electron chi connectivity index (χ0n) is 11.7. The predicted molar refractivity (Wildman–Crippen MR) is 83.0 cm³/mol. The standard InChI is InChI=1S/C15H19Cl2NO3/c16-11-3-4-12(17)13(7-11)21-8-14(20)18-9-15(10-19)5-1-2-6-15/h3-4,7,19H,1-2,5-6,8-10H2,(H,18,20). The van der Waals surface area contributed by atoms with Gasteiger partial charge in [-0.15, -0.1) is 0 Å². The maximum Gasteiger partial charge on any atom is 0.257 e. The third-order valence-corrected chi connectivity index (χ3v) is 4.46. The highest BCUT2D eigenvalue weighted by atomic mass is 35.5. The summed E-state index contributed by atoms with van der Waals surface area (Å²) in [6, 6.07) is 4.85. The summed E-state index contributed by atoms with van der Waals surface area (Å²) in [6.07, 6.45) is 4.10. The van der Waals surface area contributed by atoms with Gasteiger partial charge in [0.25, 0.3) is 5.91 Å². The number of benzene rings is 1. The Balaban J connectivity index is 1.81. The number of carbonyl (C=O) groups is 1. The maximum atomic E-state index is 11.8. The minimum atomic E-state index is -0.231. The Morgan fingerprint density at radius 1 is 1.33 bits per heavy atom. The molecule has 2 rings (SSSR count). The van der Waals surface area contributed by atoms with E-state index in [1.165, 1.54) is 0 Å². The van der Waals surface area contributed by atoms with Crippen LogP contribution in [-0.4, -0.2) is 30.8 Å². The lowest BCUT2D eigenvalue weighted by Crippen LogP contribution is -2.40. The van der Waals surface area contributed by atoms with Crippen molar-refractivity contribution in [2.45, 2.75) is 25.7 Å². The second-order valence-corrected chi connectivity index (χ2v) is 6.35. The zero-order chi connectivity index (χ0) is 15.3. The van der Waals surface area contributed by atoms with Gasteiger partial charge in [-0.25, -0.2) is 0 Å². The molecule has 0 spiro atoms. The summed E-state index contributed by atoms with van der Waals surface area (Å²) in [4.78, 5) is 11.8. The van der Waals surface area contributed by atoms with Gasteiger partial charge in [0, 0.05) is 23.0 Å². The van der Waals surface area contributed by atoms with Gasteiger partial charge in [-0.05, 0) is 25.0 Å². The summed E-state index contributed by atoms with van der Waals surface area (Å²) in [6.45, 7) is 0.463. The molecule has 1 amide bonds. The summed E-state index contributed by atoms with van der Waals surface area (Å²) in [5, 5.41) is 13.2. The highest BCUT2D eigenvalue weighted by molar-refractivity contribution is 6.34. The van der Waals surface area contributed by atoms with Crippen molar-refractivity contribution in [2.24, 2.45) is 5.41 Å². The number of hydrogen-bond donors (Lipinski definition) is 2. The Labute approximate surface area is 134 Å². The van der Waals surface area contributed by atoms with Crippen LogP contribution in [0.15, 0.2) is 18.2 Å². The van der Waals surface area contributed by atoms with Gasteiger partial charge in [-0.1, -0.05) is 36.0 Å². The van der Waals surface area contributed by atoms with E-state index in [0.29, 0.717) is 22.3 Å². The Morgan fingerprint density at radius 3 is 2.71 bits per heavy atom. The maximum absolute atomic E-state index is 11.8. The van der Waals surface area contributed by atoms with Crippen LogP contribution in [0.25, 0.3) is 0 Å². The monoisotopic (exact) mass is 331 g/mol. The lowest BCUT2D eigenvalue weighted by atomic mass is 9.87. The average molecular weight is 332 g/mol. The van der Waals surface area contributed by atoms with Crippen LogP contribution in [0.4, 0.5) is 0 Å². The summed E-state index contributed by atoms with van der Waals surface area (Å²) in [5.74, 6) is 0.155. The second-order valence-electron chi connectivity index (χ2n) is 5.51. The Bertz CT molecular complexity index is 502. The van der Waals surface area contributed by atoms with Gasteiger partial charge in [0.05, 0.1) is 11.6 Å². The lowest BCUT2D eigenvalue weighted by molar-refractivity contribution is -0.123. The largest absolute Gasteiger partial charge is 0.482 e. The predicted octanol–water partition coefficient (Wildman–Crippen LogP) is 3.04. The fraction of sp³-hybridized carbons (Fsp3) is 0.533. The van der Waals surface area contributed by atoms with E-state index in [4.69, 9.17) is 27.9 Å². The first-order valence-electron chi connectivity index (χ1n) is 7.00. The number of halogens is 2. The van der Waals surface area contributed by atoms with Gasteiger partial charge in [-0.3, -0.25) is 4.79 Å². The molecule has 1 aliphatic rings.